The lowest BCUT2D eigenvalue weighted by molar-refractivity contribution is -0.384. The highest BCUT2D eigenvalue weighted by Gasteiger charge is 2.21. The van der Waals surface area contributed by atoms with Gasteiger partial charge in [-0.2, -0.15) is 0 Å². The number of hydrogen-bond acceptors (Lipinski definition) is 4. The van der Waals surface area contributed by atoms with E-state index in [1.54, 1.807) is 6.07 Å². The van der Waals surface area contributed by atoms with E-state index in [-0.39, 0.29) is 16.5 Å². The average Bonchev–Trinajstić information content (AvgIpc) is 2.66. The van der Waals surface area contributed by atoms with E-state index in [1.807, 2.05) is 17.9 Å². The van der Waals surface area contributed by atoms with Crippen molar-refractivity contribution < 1.29 is 9.72 Å². The summed E-state index contributed by atoms with van der Waals surface area (Å²) in [5, 5.41) is 14.2. The van der Waals surface area contributed by atoms with Crippen LogP contribution in [-0.4, -0.2) is 28.8 Å². The van der Waals surface area contributed by atoms with Gasteiger partial charge in [0, 0.05) is 37.7 Å². The molecule has 1 heterocycles. The standard InChI is InChI=1S/C15H21N3O3/c1-2-16-15-12(7-6-8-13(15)18(20)21)11-17-10-5-3-4-9-14(17)19/h6-8,16H,2-5,9-11H2,1H3. The lowest BCUT2D eigenvalue weighted by Gasteiger charge is -2.22. The summed E-state index contributed by atoms with van der Waals surface area (Å²) in [5.41, 5.74) is 1.40. The van der Waals surface area contributed by atoms with Gasteiger partial charge in [0.15, 0.2) is 0 Å². The van der Waals surface area contributed by atoms with Gasteiger partial charge in [-0.3, -0.25) is 14.9 Å². The van der Waals surface area contributed by atoms with Crippen molar-refractivity contribution >= 4 is 17.3 Å². The minimum atomic E-state index is -0.383. The Kier molecular flexibility index (Phi) is 5.14. The molecule has 1 aliphatic heterocycles. The van der Waals surface area contributed by atoms with E-state index in [9.17, 15) is 14.9 Å². The first kappa shape index (κ1) is 15.3. The first-order valence-electron chi connectivity index (χ1n) is 7.41. The lowest BCUT2D eigenvalue weighted by Crippen LogP contribution is -2.30. The average molecular weight is 291 g/mol. The second-order valence-electron chi connectivity index (χ2n) is 5.22. The molecule has 1 saturated heterocycles. The molecular weight excluding hydrogens is 270 g/mol. The number of para-hydroxylation sites is 1. The molecule has 0 spiro atoms. The Morgan fingerprint density at radius 2 is 2.14 bits per heavy atom. The number of rotatable bonds is 5. The summed E-state index contributed by atoms with van der Waals surface area (Å²) in [7, 11) is 0. The van der Waals surface area contributed by atoms with Crippen LogP contribution < -0.4 is 5.32 Å². The van der Waals surface area contributed by atoms with E-state index in [1.165, 1.54) is 6.07 Å². The minimum Gasteiger partial charge on any atom is -0.379 e. The van der Waals surface area contributed by atoms with E-state index in [0.29, 0.717) is 25.2 Å². The molecule has 0 unspecified atom stereocenters. The van der Waals surface area contributed by atoms with Crippen LogP contribution in [0.4, 0.5) is 11.4 Å². The van der Waals surface area contributed by atoms with Crippen LogP contribution in [0, 0.1) is 10.1 Å². The molecular formula is C15H21N3O3. The SMILES string of the molecule is CCNc1c(CN2CCCCCC2=O)cccc1[N+](=O)[O-]. The zero-order valence-corrected chi connectivity index (χ0v) is 12.3. The zero-order valence-electron chi connectivity index (χ0n) is 12.3. The van der Waals surface area contributed by atoms with Crippen molar-refractivity contribution in [3.63, 3.8) is 0 Å². The molecule has 1 fully saturated rings. The molecule has 1 aromatic rings. The van der Waals surface area contributed by atoms with Gasteiger partial charge in [0.25, 0.3) is 5.69 Å². The number of carbonyl (C=O) groups is 1. The maximum Gasteiger partial charge on any atom is 0.292 e. The summed E-state index contributed by atoms with van der Waals surface area (Å²) < 4.78 is 0. The van der Waals surface area contributed by atoms with Gasteiger partial charge >= 0.3 is 0 Å². The number of nitro benzene ring substituents is 1. The summed E-state index contributed by atoms with van der Waals surface area (Å²) in [6.45, 7) is 3.67. The van der Waals surface area contributed by atoms with Crippen molar-refractivity contribution in [2.45, 2.75) is 39.2 Å². The van der Waals surface area contributed by atoms with E-state index in [4.69, 9.17) is 0 Å². The van der Waals surface area contributed by atoms with E-state index in [2.05, 4.69) is 5.32 Å². The van der Waals surface area contributed by atoms with E-state index < -0.39 is 0 Å². The number of hydrogen-bond donors (Lipinski definition) is 1. The van der Waals surface area contributed by atoms with Gasteiger partial charge in [-0.15, -0.1) is 0 Å². The first-order chi connectivity index (χ1) is 10.1. The first-order valence-corrected chi connectivity index (χ1v) is 7.41. The molecule has 2 rings (SSSR count). The second kappa shape index (κ2) is 7.06. The van der Waals surface area contributed by atoms with Gasteiger partial charge in [0.2, 0.25) is 5.91 Å². The number of nitrogens with zero attached hydrogens (tertiary/aromatic N) is 2. The summed E-state index contributed by atoms with van der Waals surface area (Å²) in [4.78, 5) is 24.7. The highest BCUT2D eigenvalue weighted by molar-refractivity contribution is 5.77. The molecule has 1 N–H and O–H groups in total. The number of likely N-dealkylation sites (tertiary alicyclic amines) is 1. The van der Waals surface area contributed by atoms with Crippen molar-refractivity contribution in [1.29, 1.82) is 0 Å². The van der Waals surface area contributed by atoms with Crippen LogP contribution in [0.5, 0.6) is 0 Å². The van der Waals surface area contributed by atoms with Crippen molar-refractivity contribution in [3.05, 3.63) is 33.9 Å². The number of amides is 1. The normalized spacial score (nSPS) is 15.7. The van der Waals surface area contributed by atoms with E-state index in [0.717, 1.165) is 31.4 Å². The van der Waals surface area contributed by atoms with Crippen molar-refractivity contribution in [2.75, 3.05) is 18.4 Å². The summed E-state index contributed by atoms with van der Waals surface area (Å²) >= 11 is 0. The highest BCUT2D eigenvalue weighted by atomic mass is 16.6. The van der Waals surface area contributed by atoms with Crippen LogP contribution in [0.1, 0.15) is 38.2 Å². The van der Waals surface area contributed by atoms with Crippen LogP contribution in [0.25, 0.3) is 0 Å². The van der Waals surface area contributed by atoms with E-state index >= 15 is 0 Å². The fourth-order valence-electron chi connectivity index (χ4n) is 2.66. The molecule has 0 radical (unpaired) electrons. The molecule has 21 heavy (non-hydrogen) atoms. The number of anilines is 1. The molecule has 1 aliphatic rings. The second-order valence-corrected chi connectivity index (χ2v) is 5.22. The van der Waals surface area contributed by atoms with Crippen LogP contribution in [0.3, 0.4) is 0 Å². The maximum absolute atomic E-state index is 12.1. The Morgan fingerprint density at radius 1 is 1.33 bits per heavy atom. The monoisotopic (exact) mass is 291 g/mol. The molecule has 6 heteroatoms. The molecule has 1 amide bonds. The van der Waals surface area contributed by atoms with Crippen LogP contribution in [0.2, 0.25) is 0 Å². The van der Waals surface area contributed by atoms with Gasteiger partial charge in [-0.05, 0) is 19.8 Å². The maximum atomic E-state index is 12.1. The Morgan fingerprint density at radius 3 is 2.86 bits per heavy atom. The van der Waals surface area contributed by atoms with Crippen LogP contribution in [0.15, 0.2) is 18.2 Å². The Labute approximate surface area is 124 Å². The number of nitrogens with one attached hydrogen (secondary N) is 1. The zero-order chi connectivity index (χ0) is 15.2. The Hall–Kier alpha value is -2.11. The topological polar surface area (TPSA) is 75.5 Å². The highest BCUT2D eigenvalue weighted by Crippen LogP contribution is 2.29. The van der Waals surface area contributed by atoms with Gasteiger partial charge in [0.1, 0.15) is 5.69 Å². The minimum absolute atomic E-state index is 0.0663. The Bertz CT molecular complexity index is 531. The summed E-state index contributed by atoms with van der Waals surface area (Å²) in [6, 6.07) is 5.02. The van der Waals surface area contributed by atoms with Gasteiger partial charge < -0.3 is 10.2 Å². The lowest BCUT2D eigenvalue weighted by atomic mass is 10.1. The molecule has 114 valence electrons. The third-order valence-electron chi connectivity index (χ3n) is 3.71. The fraction of sp³-hybridized carbons (Fsp3) is 0.533. The molecule has 0 bridgehead atoms. The van der Waals surface area contributed by atoms with Gasteiger partial charge in [-0.25, -0.2) is 0 Å². The van der Waals surface area contributed by atoms with Crippen molar-refractivity contribution in [2.24, 2.45) is 0 Å². The smallest absolute Gasteiger partial charge is 0.292 e. The predicted octanol–water partition coefficient (Wildman–Crippen LogP) is 2.93. The molecule has 6 nitrogen and oxygen atoms in total. The molecule has 0 aromatic heterocycles. The third kappa shape index (κ3) is 3.71. The molecule has 0 atom stereocenters. The predicted molar refractivity (Wildman–Crippen MR) is 81.1 cm³/mol. The van der Waals surface area contributed by atoms with Crippen LogP contribution >= 0.6 is 0 Å². The van der Waals surface area contributed by atoms with Crippen molar-refractivity contribution in [3.8, 4) is 0 Å². The molecule has 0 aliphatic carbocycles. The van der Waals surface area contributed by atoms with Gasteiger partial charge in [-0.1, -0.05) is 18.6 Å². The van der Waals surface area contributed by atoms with Crippen LogP contribution in [-0.2, 0) is 11.3 Å². The number of carbonyl (C=O) groups excluding carboxylic acids is 1. The summed E-state index contributed by atoms with van der Waals surface area (Å²) in [6.07, 6.45) is 3.57. The van der Waals surface area contributed by atoms with Gasteiger partial charge in [0.05, 0.1) is 4.92 Å². The van der Waals surface area contributed by atoms with Crippen molar-refractivity contribution in [1.82, 2.24) is 4.90 Å². The third-order valence-corrected chi connectivity index (χ3v) is 3.71. The summed E-state index contributed by atoms with van der Waals surface area (Å²) in [5.74, 6) is 0.140. The molecule has 0 saturated carbocycles. The number of benzene rings is 1. The fourth-order valence-corrected chi connectivity index (χ4v) is 2.66. The molecule has 1 aromatic carbocycles. The largest absolute Gasteiger partial charge is 0.379 e. The Balaban J connectivity index is 2.27. The quantitative estimate of drug-likeness (QED) is 0.668. The number of nitro groups is 1.